The summed E-state index contributed by atoms with van der Waals surface area (Å²) < 4.78 is 5.16. The van der Waals surface area contributed by atoms with Gasteiger partial charge in [-0.25, -0.2) is 0 Å². The lowest BCUT2D eigenvalue weighted by molar-refractivity contribution is 0.415. The molecule has 0 saturated carbocycles. The lowest BCUT2D eigenvalue weighted by atomic mass is 10.3. The second-order valence-corrected chi connectivity index (χ2v) is 5.86. The third-order valence-electron chi connectivity index (χ3n) is 3.33. The van der Waals surface area contributed by atoms with Gasteiger partial charge in [-0.05, 0) is 54.7 Å². The molecule has 23 heavy (non-hydrogen) atoms. The van der Waals surface area contributed by atoms with Crippen LogP contribution in [-0.4, -0.2) is 32.4 Å². The van der Waals surface area contributed by atoms with Gasteiger partial charge in [-0.1, -0.05) is 17.7 Å². The summed E-state index contributed by atoms with van der Waals surface area (Å²) in [7, 11) is 3.70. The molecule has 2 aromatic carbocycles. The summed E-state index contributed by atoms with van der Waals surface area (Å²) in [6.45, 7) is 1.55. The van der Waals surface area contributed by atoms with Crippen molar-refractivity contribution in [3.8, 4) is 5.75 Å². The number of nitrogens with zero attached hydrogens (tertiary/aromatic N) is 1. The third-order valence-corrected chi connectivity index (χ3v) is 3.81. The molecule has 0 aliphatic carbocycles. The first-order valence-electron chi connectivity index (χ1n) is 7.24. The quantitative estimate of drug-likeness (QED) is 0.776. The van der Waals surface area contributed by atoms with Crippen LogP contribution in [0.3, 0.4) is 0 Å². The zero-order valence-corrected chi connectivity index (χ0v) is 14.7. The maximum atomic E-state index is 5.94. The van der Waals surface area contributed by atoms with Crippen LogP contribution in [-0.2, 0) is 0 Å². The van der Waals surface area contributed by atoms with Crippen molar-refractivity contribution in [2.24, 2.45) is 0 Å². The van der Waals surface area contributed by atoms with Crippen LogP contribution in [0.5, 0.6) is 5.75 Å². The molecule has 4 nitrogen and oxygen atoms in total. The largest absolute Gasteiger partial charge is 0.497 e. The minimum absolute atomic E-state index is 0.579. The molecule has 122 valence electrons. The maximum Gasteiger partial charge on any atom is 0.170 e. The molecule has 6 heteroatoms. The Balaban J connectivity index is 1.76. The lowest BCUT2D eigenvalue weighted by Crippen LogP contribution is -2.35. The topological polar surface area (TPSA) is 36.5 Å². The molecule has 2 aromatic rings. The van der Waals surface area contributed by atoms with E-state index in [4.69, 9.17) is 28.6 Å². The molecule has 0 bridgehead atoms. The first kappa shape index (κ1) is 17.4. The minimum atomic E-state index is 0.579. The summed E-state index contributed by atoms with van der Waals surface area (Å²) in [5, 5.41) is 7.55. The van der Waals surface area contributed by atoms with Crippen LogP contribution < -0.4 is 20.3 Å². The molecular formula is C17H20ClN3OS. The minimum Gasteiger partial charge on any atom is -0.497 e. The fourth-order valence-electron chi connectivity index (χ4n) is 2.04. The van der Waals surface area contributed by atoms with Gasteiger partial charge in [0, 0.05) is 36.5 Å². The number of hydrogen-bond donors (Lipinski definition) is 2. The van der Waals surface area contributed by atoms with E-state index in [1.807, 2.05) is 55.6 Å². The van der Waals surface area contributed by atoms with Crippen molar-refractivity contribution in [3.05, 3.63) is 53.6 Å². The smallest absolute Gasteiger partial charge is 0.170 e. The van der Waals surface area contributed by atoms with Crippen LogP contribution in [0.15, 0.2) is 48.5 Å². The van der Waals surface area contributed by atoms with E-state index in [0.29, 0.717) is 10.1 Å². The molecule has 0 aromatic heterocycles. The third kappa shape index (κ3) is 5.62. The Bertz CT molecular complexity index is 649. The number of anilines is 2. The SMILES string of the molecule is COc1ccc(N(C)CCNC(=S)Nc2cccc(Cl)c2)cc1. The zero-order valence-electron chi connectivity index (χ0n) is 13.2. The highest BCUT2D eigenvalue weighted by molar-refractivity contribution is 7.80. The predicted octanol–water partition coefficient (Wildman–Crippen LogP) is 3.77. The first-order chi connectivity index (χ1) is 11.1. The van der Waals surface area contributed by atoms with Gasteiger partial charge in [0.2, 0.25) is 0 Å². The van der Waals surface area contributed by atoms with Gasteiger partial charge in [-0.15, -0.1) is 0 Å². The Labute approximate surface area is 147 Å². The molecular weight excluding hydrogens is 330 g/mol. The number of halogens is 1. The van der Waals surface area contributed by atoms with Crippen molar-refractivity contribution in [2.75, 3.05) is 37.5 Å². The Morgan fingerprint density at radius 1 is 1.22 bits per heavy atom. The van der Waals surface area contributed by atoms with Crippen molar-refractivity contribution < 1.29 is 4.74 Å². The number of methoxy groups -OCH3 is 1. The fourth-order valence-corrected chi connectivity index (χ4v) is 2.45. The fraction of sp³-hybridized carbons (Fsp3) is 0.235. The average molecular weight is 350 g/mol. The monoisotopic (exact) mass is 349 g/mol. The van der Waals surface area contributed by atoms with E-state index < -0.39 is 0 Å². The number of nitrogens with one attached hydrogen (secondary N) is 2. The number of likely N-dealkylation sites (N-methyl/N-ethyl adjacent to an activating group) is 1. The van der Waals surface area contributed by atoms with Gasteiger partial charge in [0.25, 0.3) is 0 Å². The van der Waals surface area contributed by atoms with Gasteiger partial charge >= 0.3 is 0 Å². The molecule has 0 atom stereocenters. The van der Waals surface area contributed by atoms with Gasteiger partial charge in [0.05, 0.1) is 7.11 Å². The van der Waals surface area contributed by atoms with E-state index in [1.165, 1.54) is 0 Å². The molecule has 0 radical (unpaired) electrons. The number of ether oxygens (including phenoxy) is 1. The molecule has 0 aliphatic heterocycles. The Kier molecular flexibility index (Phi) is 6.50. The molecule has 0 fully saturated rings. The summed E-state index contributed by atoms with van der Waals surface area (Å²) >= 11 is 11.2. The Hall–Kier alpha value is -1.98. The molecule has 0 saturated heterocycles. The second kappa shape index (κ2) is 8.60. The Morgan fingerprint density at radius 2 is 1.96 bits per heavy atom. The van der Waals surface area contributed by atoms with Crippen LogP contribution in [0.2, 0.25) is 5.02 Å². The summed E-state index contributed by atoms with van der Waals surface area (Å²) in [6, 6.07) is 15.4. The number of benzene rings is 2. The highest BCUT2D eigenvalue weighted by atomic mass is 35.5. The van der Waals surface area contributed by atoms with E-state index in [-0.39, 0.29) is 0 Å². The van der Waals surface area contributed by atoms with Gasteiger partial charge < -0.3 is 20.3 Å². The van der Waals surface area contributed by atoms with Crippen LogP contribution in [0.1, 0.15) is 0 Å². The highest BCUT2D eigenvalue weighted by Crippen LogP contribution is 2.17. The van der Waals surface area contributed by atoms with Crippen LogP contribution in [0.4, 0.5) is 11.4 Å². The molecule has 0 aliphatic rings. The summed E-state index contributed by atoms with van der Waals surface area (Å²) in [5.74, 6) is 0.854. The summed E-state index contributed by atoms with van der Waals surface area (Å²) in [5.41, 5.74) is 2.00. The van der Waals surface area contributed by atoms with Crippen molar-refractivity contribution in [1.29, 1.82) is 0 Å². The van der Waals surface area contributed by atoms with Gasteiger partial charge in [-0.3, -0.25) is 0 Å². The normalized spacial score (nSPS) is 10.0. The van der Waals surface area contributed by atoms with E-state index in [0.717, 1.165) is 30.2 Å². The molecule has 0 amide bonds. The lowest BCUT2D eigenvalue weighted by Gasteiger charge is -2.20. The standard InChI is InChI=1S/C17H20ClN3OS/c1-21(15-6-8-16(22-2)9-7-15)11-10-19-17(23)20-14-5-3-4-13(18)12-14/h3-9,12H,10-11H2,1-2H3,(H2,19,20,23). The molecule has 2 N–H and O–H groups in total. The van der Waals surface area contributed by atoms with E-state index in [2.05, 4.69) is 15.5 Å². The van der Waals surface area contributed by atoms with E-state index >= 15 is 0 Å². The molecule has 0 spiro atoms. The average Bonchev–Trinajstić information content (AvgIpc) is 2.55. The zero-order chi connectivity index (χ0) is 16.7. The number of hydrogen-bond acceptors (Lipinski definition) is 3. The maximum absolute atomic E-state index is 5.94. The Morgan fingerprint density at radius 3 is 2.61 bits per heavy atom. The van der Waals surface area contributed by atoms with Crippen molar-refractivity contribution in [1.82, 2.24) is 5.32 Å². The van der Waals surface area contributed by atoms with Crippen molar-refractivity contribution in [2.45, 2.75) is 0 Å². The number of thiocarbonyl (C=S) groups is 1. The van der Waals surface area contributed by atoms with Crippen molar-refractivity contribution in [3.63, 3.8) is 0 Å². The van der Waals surface area contributed by atoms with E-state index in [1.54, 1.807) is 7.11 Å². The second-order valence-electron chi connectivity index (χ2n) is 5.01. The van der Waals surface area contributed by atoms with Crippen LogP contribution in [0, 0.1) is 0 Å². The van der Waals surface area contributed by atoms with Crippen LogP contribution in [0.25, 0.3) is 0 Å². The van der Waals surface area contributed by atoms with E-state index in [9.17, 15) is 0 Å². The predicted molar refractivity (Wildman–Crippen MR) is 102 cm³/mol. The summed E-state index contributed by atoms with van der Waals surface area (Å²) in [6.07, 6.45) is 0. The van der Waals surface area contributed by atoms with Crippen LogP contribution >= 0.6 is 23.8 Å². The van der Waals surface area contributed by atoms with Gasteiger partial charge in [0.1, 0.15) is 5.75 Å². The summed E-state index contributed by atoms with van der Waals surface area (Å²) in [4.78, 5) is 2.15. The highest BCUT2D eigenvalue weighted by Gasteiger charge is 2.02. The van der Waals surface area contributed by atoms with Crippen molar-refractivity contribution >= 4 is 40.3 Å². The molecule has 2 rings (SSSR count). The number of rotatable bonds is 6. The molecule has 0 heterocycles. The molecule has 0 unspecified atom stereocenters. The first-order valence-corrected chi connectivity index (χ1v) is 8.03. The van der Waals surface area contributed by atoms with Gasteiger partial charge in [-0.2, -0.15) is 0 Å². The van der Waals surface area contributed by atoms with Gasteiger partial charge in [0.15, 0.2) is 5.11 Å².